The van der Waals surface area contributed by atoms with Crippen LogP contribution in [0.2, 0.25) is 0 Å². The number of aromatic nitrogens is 1. The van der Waals surface area contributed by atoms with E-state index in [0.717, 1.165) is 16.5 Å². The lowest BCUT2D eigenvalue weighted by Gasteiger charge is -2.23. The fourth-order valence-corrected chi connectivity index (χ4v) is 3.43. The molecule has 174 valence electrons. The number of para-hydroxylation sites is 1. The number of hydrogen-bond donors (Lipinski definition) is 7. The number of carboxylic acids is 1. The van der Waals surface area contributed by atoms with Crippen LogP contribution in [0.1, 0.15) is 11.1 Å². The SMILES string of the molecule is N[C@@H](CO)C(=O)N[C@@H](Cc1ccc(O)cc1)C(=O)N[C@@H](Cc1c[nH]c2ccccc12)C(=O)O. The second-order valence-corrected chi connectivity index (χ2v) is 7.68. The summed E-state index contributed by atoms with van der Waals surface area (Å²) in [5, 5.41) is 34.1. The normalized spacial score (nSPS) is 13.8. The monoisotopic (exact) mass is 454 g/mol. The van der Waals surface area contributed by atoms with Gasteiger partial charge in [0.25, 0.3) is 0 Å². The zero-order valence-corrected chi connectivity index (χ0v) is 17.7. The summed E-state index contributed by atoms with van der Waals surface area (Å²) in [6, 6.07) is 9.79. The minimum Gasteiger partial charge on any atom is -0.508 e. The van der Waals surface area contributed by atoms with Crippen molar-refractivity contribution in [2.24, 2.45) is 5.73 Å². The van der Waals surface area contributed by atoms with E-state index in [0.29, 0.717) is 5.56 Å². The number of hydrogen-bond acceptors (Lipinski definition) is 6. The van der Waals surface area contributed by atoms with E-state index in [1.807, 2.05) is 24.3 Å². The van der Waals surface area contributed by atoms with E-state index in [4.69, 9.17) is 10.8 Å². The summed E-state index contributed by atoms with van der Waals surface area (Å²) in [4.78, 5) is 40.2. The van der Waals surface area contributed by atoms with E-state index in [-0.39, 0.29) is 18.6 Å². The number of aromatic hydroxyl groups is 1. The lowest BCUT2D eigenvalue weighted by atomic mass is 10.0. The van der Waals surface area contributed by atoms with E-state index in [1.54, 1.807) is 18.3 Å². The van der Waals surface area contributed by atoms with Crippen molar-refractivity contribution in [3.63, 3.8) is 0 Å². The number of fused-ring (bicyclic) bond motifs is 1. The quantitative estimate of drug-likeness (QED) is 0.226. The molecule has 0 radical (unpaired) electrons. The van der Waals surface area contributed by atoms with Crippen LogP contribution in [0.25, 0.3) is 10.9 Å². The summed E-state index contributed by atoms with van der Waals surface area (Å²) in [7, 11) is 0. The number of carbonyl (C=O) groups excluding carboxylic acids is 2. The molecule has 10 heteroatoms. The van der Waals surface area contributed by atoms with Gasteiger partial charge in [-0.05, 0) is 29.3 Å². The average molecular weight is 454 g/mol. The molecule has 8 N–H and O–H groups in total. The molecule has 0 unspecified atom stereocenters. The number of rotatable bonds is 10. The van der Waals surface area contributed by atoms with Crippen LogP contribution in [0.3, 0.4) is 0 Å². The first-order valence-corrected chi connectivity index (χ1v) is 10.3. The number of amides is 2. The molecule has 2 aromatic carbocycles. The van der Waals surface area contributed by atoms with Crippen molar-refractivity contribution >= 4 is 28.7 Å². The molecule has 0 saturated heterocycles. The van der Waals surface area contributed by atoms with Crippen LogP contribution in [0, 0.1) is 0 Å². The van der Waals surface area contributed by atoms with Gasteiger partial charge < -0.3 is 36.7 Å². The molecule has 0 spiro atoms. The topological polar surface area (TPSA) is 178 Å². The maximum absolute atomic E-state index is 13.0. The van der Waals surface area contributed by atoms with Crippen LogP contribution < -0.4 is 16.4 Å². The molecular weight excluding hydrogens is 428 g/mol. The lowest BCUT2D eigenvalue weighted by molar-refractivity contribution is -0.142. The highest BCUT2D eigenvalue weighted by Crippen LogP contribution is 2.19. The molecule has 0 saturated carbocycles. The summed E-state index contributed by atoms with van der Waals surface area (Å²) in [5.74, 6) is -2.65. The van der Waals surface area contributed by atoms with Crippen LogP contribution in [0.5, 0.6) is 5.75 Å². The van der Waals surface area contributed by atoms with Crippen molar-refractivity contribution in [3.8, 4) is 5.75 Å². The number of carbonyl (C=O) groups is 3. The smallest absolute Gasteiger partial charge is 0.326 e. The standard InChI is InChI=1S/C23H26N4O6/c24-17(12-28)21(30)26-19(9-13-5-7-15(29)8-6-13)22(31)27-20(23(32)33)10-14-11-25-18-4-2-1-3-16(14)18/h1-8,11,17,19-20,25,28-29H,9-10,12,24H2,(H,26,30)(H,27,31)(H,32,33)/t17-,19-,20-/m0/s1. The Morgan fingerprint density at radius 2 is 1.61 bits per heavy atom. The van der Waals surface area contributed by atoms with Gasteiger partial charge in [-0.25, -0.2) is 4.79 Å². The molecule has 3 aromatic rings. The maximum atomic E-state index is 13.0. The van der Waals surface area contributed by atoms with Crippen LogP contribution in [-0.2, 0) is 27.2 Å². The third kappa shape index (κ3) is 6.09. The number of aliphatic hydroxyl groups is 1. The van der Waals surface area contributed by atoms with E-state index in [9.17, 15) is 24.6 Å². The van der Waals surface area contributed by atoms with Gasteiger partial charge in [0.05, 0.1) is 6.61 Å². The Bertz CT molecular complexity index is 1130. The number of aliphatic hydroxyl groups excluding tert-OH is 1. The number of phenolic OH excluding ortho intramolecular Hbond substituents is 1. The van der Waals surface area contributed by atoms with E-state index >= 15 is 0 Å². The van der Waals surface area contributed by atoms with Crippen LogP contribution >= 0.6 is 0 Å². The molecular formula is C23H26N4O6. The average Bonchev–Trinajstić information content (AvgIpc) is 3.21. The highest BCUT2D eigenvalue weighted by molar-refractivity contribution is 5.92. The van der Waals surface area contributed by atoms with E-state index < -0.39 is 42.5 Å². The van der Waals surface area contributed by atoms with Crippen LogP contribution in [-0.4, -0.2) is 62.8 Å². The Morgan fingerprint density at radius 3 is 2.27 bits per heavy atom. The second kappa shape index (κ2) is 10.6. The molecule has 1 aromatic heterocycles. The fourth-order valence-electron chi connectivity index (χ4n) is 3.43. The first-order chi connectivity index (χ1) is 15.8. The van der Waals surface area contributed by atoms with Crippen LogP contribution in [0.4, 0.5) is 0 Å². The van der Waals surface area contributed by atoms with Gasteiger partial charge in [-0.2, -0.15) is 0 Å². The van der Waals surface area contributed by atoms with Gasteiger partial charge in [-0.1, -0.05) is 30.3 Å². The number of H-pyrrole nitrogens is 1. The number of phenols is 1. The van der Waals surface area contributed by atoms with Gasteiger partial charge in [-0.3, -0.25) is 9.59 Å². The third-order valence-corrected chi connectivity index (χ3v) is 5.26. The van der Waals surface area contributed by atoms with Crippen molar-refractivity contribution in [2.75, 3.05) is 6.61 Å². The Labute approximate surface area is 189 Å². The maximum Gasteiger partial charge on any atom is 0.326 e. The lowest BCUT2D eigenvalue weighted by Crippen LogP contribution is -2.56. The summed E-state index contributed by atoms with van der Waals surface area (Å²) >= 11 is 0. The van der Waals surface area contributed by atoms with Crippen molar-refractivity contribution in [1.29, 1.82) is 0 Å². The molecule has 0 bridgehead atoms. The Hall–Kier alpha value is -3.89. The molecule has 3 atom stereocenters. The van der Waals surface area contributed by atoms with Crippen molar-refractivity contribution < 1.29 is 29.7 Å². The molecule has 0 aliphatic heterocycles. The summed E-state index contributed by atoms with van der Waals surface area (Å²) in [5.41, 5.74) is 7.73. The second-order valence-electron chi connectivity index (χ2n) is 7.68. The first-order valence-electron chi connectivity index (χ1n) is 10.3. The zero-order valence-electron chi connectivity index (χ0n) is 17.7. The molecule has 0 aliphatic carbocycles. The Morgan fingerprint density at radius 1 is 0.939 bits per heavy atom. The Kier molecular flexibility index (Phi) is 7.65. The largest absolute Gasteiger partial charge is 0.508 e. The summed E-state index contributed by atoms with van der Waals surface area (Å²) < 4.78 is 0. The highest BCUT2D eigenvalue weighted by atomic mass is 16.4. The van der Waals surface area contributed by atoms with Crippen LogP contribution in [0.15, 0.2) is 54.7 Å². The predicted octanol–water partition coefficient (Wildman–Crippen LogP) is 0.0325. The number of aromatic amines is 1. The zero-order chi connectivity index (χ0) is 24.0. The minimum absolute atomic E-state index is 0.0232. The van der Waals surface area contributed by atoms with Crippen molar-refractivity contribution in [3.05, 3.63) is 65.9 Å². The van der Waals surface area contributed by atoms with Gasteiger partial charge >= 0.3 is 5.97 Å². The minimum atomic E-state index is -1.25. The molecule has 10 nitrogen and oxygen atoms in total. The van der Waals surface area contributed by atoms with Crippen molar-refractivity contribution in [1.82, 2.24) is 15.6 Å². The first kappa shape index (κ1) is 23.8. The number of benzene rings is 2. The van der Waals surface area contributed by atoms with Gasteiger partial charge in [0, 0.05) is 29.9 Å². The fraction of sp³-hybridized carbons (Fsp3) is 0.261. The highest BCUT2D eigenvalue weighted by Gasteiger charge is 2.28. The number of nitrogens with two attached hydrogens (primary N) is 1. The van der Waals surface area contributed by atoms with Gasteiger partial charge in [-0.15, -0.1) is 0 Å². The number of nitrogens with one attached hydrogen (secondary N) is 3. The van der Waals surface area contributed by atoms with E-state index in [2.05, 4.69) is 15.6 Å². The number of aliphatic carboxylic acids is 1. The predicted molar refractivity (Wildman–Crippen MR) is 120 cm³/mol. The van der Waals surface area contributed by atoms with Gasteiger partial charge in [0.1, 0.15) is 23.9 Å². The molecule has 0 fully saturated rings. The number of carboxylic acid groups (broad SMARTS) is 1. The molecule has 1 heterocycles. The van der Waals surface area contributed by atoms with Gasteiger partial charge in [0.15, 0.2) is 0 Å². The summed E-state index contributed by atoms with van der Waals surface area (Å²) in [6.45, 7) is -0.613. The third-order valence-electron chi connectivity index (χ3n) is 5.26. The van der Waals surface area contributed by atoms with Crippen molar-refractivity contribution in [2.45, 2.75) is 31.0 Å². The molecule has 2 amide bonds. The van der Waals surface area contributed by atoms with Gasteiger partial charge in [0.2, 0.25) is 11.8 Å². The molecule has 3 rings (SSSR count). The molecule has 0 aliphatic rings. The van der Waals surface area contributed by atoms with E-state index in [1.165, 1.54) is 12.1 Å². The Balaban J connectivity index is 1.79. The summed E-state index contributed by atoms with van der Waals surface area (Å²) in [6.07, 6.45) is 1.75. The molecule has 33 heavy (non-hydrogen) atoms.